The molecule has 0 radical (unpaired) electrons. The summed E-state index contributed by atoms with van der Waals surface area (Å²) in [7, 11) is 0. The Morgan fingerprint density at radius 2 is 2.00 bits per heavy atom. The molecule has 1 saturated heterocycles. The zero-order valence-electron chi connectivity index (χ0n) is 10.6. The Kier molecular flexibility index (Phi) is 4.59. The molecule has 0 saturated carbocycles. The first-order chi connectivity index (χ1) is 8.77. The lowest BCUT2D eigenvalue weighted by molar-refractivity contribution is 0.0949. The number of para-hydroxylation sites is 1. The second-order valence-corrected chi connectivity index (χ2v) is 4.68. The van der Waals surface area contributed by atoms with Crippen molar-refractivity contribution in [3.63, 3.8) is 0 Å². The van der Waals surface area contributed by atoms with Gasteiger partial charge in [-0.1, -0.05) is 12.1 Å². The minimum absolute atomic E-state index is 0.0366. The van der Waals surface area contributed by atoms with Crippen molar-refractivity contribution in [2.24, 2.45) is 0 Å². The first-order valence-electron chi connectivity index (χ1n) is 6.56. The van der Waals surface area contributed by atoms with Crippen LogP contribution in [0.2, 0.25) is 0 Å². The van der Waals surface area contributed by atoms with Crippen molar-refractivity contribution >= 4 is 5.91 Å². The molecule has 2 rings (SSSR count). The molecule has 1 aromatic carbocycles. The number of phenols is 1. The fourth-order valence-electron chi connectivity index (χ4n) is 2.27. The zero-order valence-corrected chi connectivity index (χ0v) is 10.6. The van der Waals surface area contributed by atoms with Crippen molar-refractivity contribution in [3.05, 3.63) is 29.8 Å². The van der Waals surface area contributed by atoms with Crippen LogP contribution < -0.4 is 5.32 Å². The molecule has 0 atom stereocenters. The van der Waals surface area contributed by atoms with Crippen molar-refractivity contribution in [1.29, 1.82) is 0 Å². The molecule has 1 fully saturated rings. The van der Waals surface area contributed by atoms with Crippen molar-refractivity contribution in [1.82, 2.24) is 10.2 Å². The lowest BCUT2D eigenvalue weighted by Crippen LogP contribution is -2.28. The van der Waals surface area contributed by atoms with Crippen LogP contribution in [0.1, 0.15) is 29.6 Å². The molecule has 1 aliphatic rings. The van der Waals surface area contributed by atoms with Gasteiger partial charge in [0, 0.05) is 6.54 Å². The Balaban J connectivity index is 1.70. The highest BCUT2D eigenvalue weighted by molar-refractivity contribution is 5.96. The summed E-state index contributed by atoms with van der Waals surface area (Å²) in [6, 6.07) is 6.61. The monoisotopic (exact) mass is 248 g/mol. The molecule has 1 amide bonds. The molecule has 0 aromatic heterocycles. The van der Waals surface area contributed by atoms with E-state index in [4.69, 9.17) is 0 Å². The number of aromatic hydroxyl groups is 1. The van der Waals surface area contributed by atoms with Gasteiger partial charge in [-0.3, -0.25) is 4.79 Å². The molecule has 98 valence electrons. The van der Waals surface area contributed by atoms with Crippen LogP contribution in [-0.2, 0) is 0 Å². The van der Waals surface area contributed by atoms with Crippen LogP contribution >= 0.6 is 0 Å². The summed E-state index contributed by atoms with van der Waals surface area (Å²) in [4.78, 5) is 14.2. The van der Waals surface area contributed by atoms with Crippen molar-refractivity contribution in [2.45, 2.75) is 19.3 Å². The Morgan fingerprint density at radius 3 is 2.72 bits per heavy atom. The lowest BCUT2D eigenvalue weighted by atomic mass is 10.2. The van der Waals surface area contributed by atoms with E-state index in [-0.39, 0.29) is 11.7 Å². The number of carbonyl (C=O) groups excluding carboxylic acids is 1. The SMILES string of the molecule is O=C(NCCCN1CCCC1)c1ccccc1O. The quantitative estimate of drug-likeness (QED) is 0.778. The molecule has 1 aliphatic heterocycles. The molecule has 0 unspecified atom stereocenters. The first-order valence-corrected chi connectivity index (χ1v) is 6.56. The highest BCUT2D eigenvalue weighted by Gasteiger charge is 2.12. The van der Waals surface area contributed by atoms with Gasteiger partial charge in [-0.25, -0.2) is 0 Å². The predicted molar refractivity (Wildman–Crippen MR) is 70.7 cm³/mol. The number of benzene rings is 1. The number of carbonyl (C=O) groups is 1. The topological polar surface area (TPSA) is 52.6 Å². The van der Waals surface area contributed by atoms with Crippen LogP contribution in [0.5, 0.6) is 5.75 Å². The maximum absolute atomic E-state index is 11.8. The molecular formula is C14H20N2O2. The molecule has 4 nitrogen and oxygen atoms in total. The van der Waals surface area contributed by atoms with Crippen LogP contribution in [0.4, 0.5) is 0 Å². The standard InChI is InChI=1S/C14H20N2O2/c17-13-7-2-1-6-12(13)14(18)15-8-5-11-16-9-3-4-10-16/h1-2,6-7,17H,3-5,8-11H2,(H,15,18). The van der Waals surface area contributed by atoms with E-state index in [1.165, 1.54) is 32.0 Å². The summed E-state index contributed by atoms with van der Waals surface area (Å²) in [6.07, 6.45) is 3.55. The molecule has 0 spiro atoms. The van der Waals surface area contributed by atoms with Gasteiger partial charge in [-0.05, 0) is 51.0 Å². The Hall–Kier alpha value is -1.55. The predicted octanol–water partition coefficient (Wildman–Crippen LogP) is 1.61. The Bertz CT molecular complexity index is 401. The summed E-state index contributed by atoms with van der Waals surface area (Å²) in [5.41, 5.74) is 0.346. The van der Waals surface area contributed by atoms with Gasteiger partial charge >= 0.3 is 0 Å². The molecule has 1 aromatic rings. The third-order valence-electron chi connectivity index (χ3n) is 3.28. The normalized spacial score (nSPS) is 15.8. The molecule has 18 heavy (non-hydrogen) atoms. The molecule has 2 N–H and O–H groups in total. The largest absolute Gasteiger partial charge is 0.507 e. The van der Waals surface area contributed by atoms with Crippen molar-refractivity contribution < 1.29 is 9.90 Å². The maximum atomic E-state index is 11.8. The van der Waals surface area contributed by atoms with Gasteiger partial charge in [0.1, 0.15) is 5.75 Å². The first kappa shape index (κ1) is 12.9. The van der Waals surface area contributed by atoms with E-state index in [2.05, 4.69) is 10.2 Å². The third kappa shape index (κ3) is 3.47. The Labute approximate surface area is 108 Å². The van der Waals surface area contributed by atoms with Gasteiger partial charge in [0.15, 0.2) is 0 Å². The molecule has 0 bridgehead atoms. The van der Waals surface area contributed by atoms with E-state index in [9.17, 15) is 9.90 Å². The van der Waals surface area contributed by atoms with Crippen molar-refractivity contribution in [2.75, 3.05) is 26.2 Å². The smallest absolute Gasteiger partial charge is 0.255 e. The van der Waals surface area contributed by atoms with E-state index < -0.39 is 0 Å². The molecule has 4 heteroatoms. The lowest BCUT2D eigenvalue weighted by Gasteiger charge is -2.14. The van der Waals surface area contributed by atoms with Gasteiger partial charge in [-0.2, -0.15) is 0 Å². The second kappa shape index (κ2) is 6.40. The number of nitrogens with one attached hydrogen (secondary N) is 1. The second-order valence-electron chi connectivity index (χ2n) is 4.68. The molecule has 0 aliphatic carbocycles. The highest BCUT2D eigenvalue weighted by atomic mass is 16.3. The van der Waals surface area contributed by atoms with E-state index in [1.807, 2.05) is 0 Å². The molecule has 1 heterocycles. The van der Waals surface area contributed by atoms with Gasteiger partial charge < -0.3 is 15.3 Å². The summed E-state index contributed by atoms with van der Waals surface area (Å²) in [5, 5.41) is 12.4. The number of amides is 1. The maximum Gasteiger partial charge on any atom is 0.255 e. The fourth-order valence-corrected chi connectivity index (χ4v) is 2.27. The van der Waals surface area contributed by atoms with Crippen LogP contribution in [0, 0.1) is 0 Å². The zero-order chi connectivity index (χ0) is 12.8. The summed E-state index contributed by atoms with van der Waals surface area (Å²) < 4.78 is 0. The number of likely N-dealkylation sites (tertiary alicyclic amines) is 1. The van der Waals surface area contributed by atoms with Crippen LogP contribution in [0.3, 0.4) is 0 Å². The van der Waals surface area contributed by atoms with Gasteiger partial charge in [0.2, 0.25) is 0 Å². The van der Waals surface area contributed by atoms with E-state index in [0.717, 1.165) is 13.0 Å². The summed E-state index contributed by atoms with van der Waals surface area (Å²) >= 11 is 0. The van der Waals surface area contributed by atoms with Crippen LogP contribution in [-0.4, -0.2) is 42.1 Å². The van der Waals surface area contributed by atoms with Gasteiger partial charge in [-0.15, -0.1) is 0 Å². The minimum Gasteiger partial charge on any atom is -0.507 e. The average molecular weight is 248 g/mol. The van der Waals surface area contributed by atoms with E-state index in [0.29, 0.717) is 12.1 Å². The van der Waals surface area contributed by atoms with E-state index >= 15 is 0 Å². The van der Waals surface area contributed by atoms with E-state index in [1.54, 1.807) is 18.2 Å². The number of rotatable bonds is 5. The number of phenolic OH excluding ortho intramolecular Hbond substituents is 1. The Morgan fingerprint density at radius 1 is 1.28 bits per heavy atom. The van der Waals surface area contributed by atoms with Crippen molar-refractivity contribution in [3.8, 4) is 5.75 Å². The fraction of sp³-hybridized carbons (Fsp3) is 0.500. The number of hydrogen-bond donors (Lipinski definition) is 2. The minimum atomic E-state index is -0.200. The van der Waals surface area contributed by atoms with Crippen LogP contribution in [0.15, 0.2) is 24.3 Å². The number of hydrogen-bond acceptors (Lipinski definition) is 3. The third-order valence-corrected chi connectivity index (χ3v) is 3.28. The molecular weight excluding hydrogens is 228 g/mol. The van der Waals surface area contributed by atoms with Gasteiger partial charge in [0.05, 0.1) is 5.56 Å². The average Bonchev–Trinajstić information content (AvgIpc) is 2.88. The van der Waals surface area contributed by atoms with Crippen LogP contribution in [0.25, 0.3) is 0 Å². The number of nitrogens with zero attached hydrogens (tertiary/aromatic N) is 1. The summed E-state index contributed by atoms with van der Waals surface area (Å²) in [5.74, 6) is -0.163. The summed E-state index contributed by atoms with van der Waals surface area (Å²) in [6.45, 7) is 4.07. The van der Waals surface area contributed by atoms with Gasteiger partial charge in [0.25, 0.3) is 5.91 Å². The highest BCUT2D eigenvalue weighted by Crippen LogP contribution is 2.14.